The Hall–Kier alpha value is -4.13. The molecule has 0 aliphatic carbocycles. The Bertz CT molecular complexity index is 1260. The number of hydrogen-bond acceptors (Lipinski definition) is 5. The number of nitrogens with zero attached hydrogens (tertiary/aromatic N) is 3. The molecule has 1 N–H and O–H groups in total. The van der Waals surface area contributed by atoms with E-state index in [0.29, 0.717) is 34.2 Å². The molecule has 0 bridgehead atoms. The lowest BCUT2D eigenvalue weighted by Crippen LogP contribution is -2.19. The molecule has 0 atom stereocenters. The predicted octanol–water partition coefficient (Wildman–Crippen LogP) is 4.39. The summed E-state index contributed by atoms with van der Waals surface area (Å²) in [6, 6.07) is 20.3. The Labute approximate surface area is 179 Å². The molecule has 0 spiro atoms. The molecule has 7 heteroatoms. The van der Waals surface area contributed by atoms with E-state index >= 15 is 0 Å². The van der Waals surface area contributed by atoms with Gasteiger partial charge in [-0.1, -0.05) is 6.07 Å². The number of nitrogens with one attached hydrogen (secondary N) is 1. The van der Waals surface area contributed by atoms with Crippen molar-refractivity contribution in [3.63, 3.8) is 0 Å². The summed E-state index contributed by atoms with van der Waals surface area (Å²) in [7, 11) is 3.22. The molecule has 31 heavy (non-hydrogen) atoms. The maximum absolute atomic E-state index is 13.4. The molecular formula is C24H22N4O3. The highest BCUT2D eigenvalue weighted by Gasteiger charge is 2.19. The molecule has 0 unspecified atom stereocenters. The molecular weight excluding hydrogens is 392 g/mol. The third-order valence-corrected chi connectivity index (χ3v) is 4.89. The lowest BCUT2D eigenvalue weighted by molar-refractivity contribution is 0.414. The second-order valence-corrected chi connectivity index (χ2v) is 6.81. The van der Waals surface area contributed by atoms with Crippen LogP contribution in [-0.4, -0.2) is 34.7 Å². The first-order chi connectivity index (χ1) is 15.1. The highest BCUT2D eigenvalue weighted by atomic mass is 16.5. The number of benzene rings is 2. The number of pyridine rings is 1. The van der Waals surface area contributed by atoms with E-state index in [1.807, 2.05) is 67.6 Å². The molecule has 7 nitrogen and oxygen atoms in total. The number of aliphatic imine (C=N–C) groups is 1. The van der Waals surface area contributed by atoms with Gasteiger partial charge in [-0.3, -0.25) is 9.89 Å². The molecule has 0 aliphatic heterocycles. The minimum atomic E-state index is -0.201. The summed E-state index contributed by atoms with van der Waals surface area (Å²) in [5.74, 6) is 1.99. The van der Waals surface area contributed by atoms with Gasteiger partial charge in [0.1, 0.15) is 11.5 Å². The number of rotatable bonds is 6. The van der Waals surface area contributed by atoms with Gasteiger partial charge in [-0.2, -0.15) is 0 Å². The molecule has 2 aromatic heterocycles. The van der Waals surface area contributed by atoms with Crippen molar-refractivity contribution in [1.82, 2.24) is 14.8 Å². The largest absolute Gasteiger partial charge is 0.497 e. The molecule has 2 aromatic carbocycles. The highest BCUT2D eigenvalue weighted by Crippen LogP contribution is 2.25. The standard InChI is InChI=1S/C24H22N4O3/c1-16(26-21-6-4-5-15-25-21)22-23(17-7-11-19(30-2)12-8-17)27-28(24(22)29)18-9-13-20(31-3)14-10-18/h4-15,27H,1-3H3/b26-16+. The fourth-order valence-corrected chi connectivity index (χ4v) is 3.30. The molecule has 2 heterocycles. The first kappa shape index (κ1) is 20.2. The SMILES string of the molecule is COc1ccc(-c2[nH]n(-c3ccc(OC)cc3)c(=O)c2/C(C)=N/c2ccccn2)cc1. The molecule has 4 aromatic rings. The van der Waals surface area contributed by atoms with E-state index in [0.717, 1.165) is 11.3 Å². The molecule has 0 aliphatic rings. The van der Waals surface area contributed by atoms with Crippen molar-refractivity contribution < 1.29 is 9.47 Å². The number of H-pyrrole nitrogens is 1. The van der Waals surface area contributed by atoms with Crippen LogP contribution < -0.4 is 15.0 Å². The fraction of sp³-hybridized carbons (Fsp3) is 0.125. The minimum absolute atomic E-state index is 0.201. The monoisotopic (exact) mass is 414 g/mol. The van der Waals surface area contributed by atoms with E-state index in [2.05, 4.69) is 15.1 Å². The Morgan fingerprint density at radius 1 is 0.935 bits per heavy atom. The van der Waals surface area contributed by atoms with Gasteiger partial charge in [0.25, 0.3) is 5.56 Å². The van der Waals surface area contributed by atoms with Crippen LogP contribution in [0.2, 0.25) is 0 Å². The second kappa shape index (κ2) is 8.71. The van der Waals surface area contributed by atoms with Crippen molar-refractivity contribution >= 4 is 11.5 Å². The second-order valence-electron chi connectivity index (χ2n) is 6.81. The van der Waals surface area contributed by atoms with Gasteiger partial charge in [-0.25, -0.2) is 14.7 Å². The maximum atomic E-state index is 13.4. The zero-order valence-corrected chi connectivity index (χ0v) is 17.5. The topological polar surface area (TPSA) is 81.5 Å². The van der Waals surface area contributed by atoms with Crippen LogP contribution >= 0.6 is 0 Å². The molecule has 0 fully saturated rings. The van der Waals surface area contributed by atoms with Gasteiger partial charge >= 0.3 is 0 Å². The number of aromatic amines is 1. The summed E-state index contributed by atoms with van der Waals surface area (Å²) in [5, 5.41) is 3.25. The van der Waals surface area contributed by atoms with Crippen LogP contribution in [0.15, 0.2) is 82.7 Å². The molecule has 0 saturated heterocycles. The van der Waals surface area contributed by atoms with Crippen molar-refractivity contribution in [3.8, 4) is 28.4 Å². The van der Waals surface area contributed by atoms with Gasteiger partial charge in [0.2, 0.25) is 0 Å². The Balaban J connectivity index is 1.88. The van der Waals surface area contributed by atoms with Gasteiger partial charge in [0, 0.05) is 11.8 Å². The highest BCUT2D eigenvalue weighted by molar-refractivity contribution is 6.04. The van der Waals surface area contributed by atoms with Crippen LogP contribution in [-0.2, 0) is 0 Å². The van der Waals surface area contributed by atoms with E-state index in [4.69, 9.17) is 9.47 Å². The lowest BCUT2D eigenvalue weighted by atomic mass is 10.1. The number of aromatic nitrogens is 3. The molecule has 0 amide bonds. The Morgan fingerprint density at radius 2 is 1.58 bits per heavy atom. The van der Waals surface area contributed by atoms with Crippen LogP contribution in [0.5, 0.6) is 11.5 Å². The summed E-state index contributed by atoms with van der Waals surface area (Å²) < 4.78 is 12.0. The zero-order valence-electron chi connectivity index (χ0n) is 17.5. The third-order valence-electron chi connectivity index (χ3n) is 4.89. The fourth-order valence-electron chi connectivity index (χ4n) is 3.30. The summed E-state index contributed by atoms with van der Waals surface area (Å²) >= 11 is 0. The maximum Gasteiger partial charge on any atom is 0.280 e. The Morgan fingerprint density at radius 3 is 2.16 bits per heavy atom. The van der Waals surface area contributed by atoms with Gasteiger partial charge in [0.05, 0.1) is 36.9 Å². The predicted molar refractivity (Wildman–Crippen MR) is 121 cm³/mol. The van der Waals surface area contributed by atoms with Crippen LogP contribution in [0.4, 0.5) is 5.82 Å². The first-order valence-corrected chi connectivity index (χ1v) is 9.71. The molecule has 0 radical (unpaired) electrons. The first-order valence-electron chi connectivity index (χ1n) is 9.71. The van der Waals surface area contributed by atoms with Crippen molar-refractivity contribution in [2.24, 2.45) is 4.99 Å². The number of hydrogen-bond donors (Lipinski definition) is 1. The minimum Gasteiger partial charge on any atom is -0.497 e. The van der Waals surface area contributed by atoms with Gasteiger partial charge in [-0.05, 0) is 67.6 Å². The number of ether oxygens (including phenoxy) is 2. The van der Waals surface area contributed by atoms with Crippen LogP contribution in [0, 0.1) is 0 Å². The van der Waals surface area contributed by atoms with Crippen molar-refractivity contribution in [2.45, 2.75) is 6.92 Å². The van der Waals surface area contributed by atoms with Crippen LogP contribution in [0.1, 0.15) is 12.5 Å². The molecule has 156 valence electrons. The van der Waals surface area contributed by atoms with Gasteiger partial charge < -0.3 is 9.47 Å². The quantitative estimate of drug-likeness (QED) is 0.475. The summed E-state index contributed by atoms with van der Waals surface area (Å²) in [5.41, 5.74) is 3.05. The van der Waals surface area contributed by atoms with Crippen molar-refractivity contribution in [3.05, 3.63) is 88.8 Å². The van der Waals surface area contributed by atoms with E-state index in [1.165, 1.54) is 4.68 Å². The zero-order chi connectivity index (χ0) is 21.8. The van der Waals surface area contributed by atoms with Gasteiger partial charge in [0.15, 0.2) is 5.82 Å². The summed E-state index contributed by atoms with van der Waals surface area (Å²) in [6.45, 7) is 1.81. The summed E-state index contributed by atoms with van der Waals surface area (Å²) in [6.07, 6.45) is 1.67. The molecule has 4 rings (SSSR count). The average Bonchev–Trinajstić information content (AvgIpc) is 3.17. The van der Waals surface area contributed by atoms with Crippen molar-refractivity contribution in [1.29, 1.82) is 0 Å². The molecule has 0 saturated carbocycles. The van der Waals surface area contributed by atoms with Crippen LogP contribution in [0.25, 0.3) is 16.9 Å². The summed E-state index contributed by atoms with van der Waals surface area (Å²) in [4.78, 5) is 22.3. The lowest BCUT2D eigenvalue weighted by Gasteiger charge is -2.05. The Kier molecular flexibility index (Phi) is 5.66. The van der Waals surface area contributed by atoms with Crippen LogP contribution in [0.3, 0.4) is 0 Å². The van der Waals surface area contributed by atoms with Gasteiger partial charge in [-0.15, -0.1) is 0 Å². The number of methoxy groups -OCH3 is 2. The average molecular weight is 414 g/mol. The van der Waals surface area contributed by atoms with Crippen molar-refractivity contribution in [2.75, 3.05) is 14.2 Å². The van der Waals surface area contributed by atoms with E-state index in [1.54, 1.807) is 26.5 Å². The van der Waals surface area contributed by atoms with E-state index in [-0.39, 0.29) is 5.56 Å². The smallest absolute Gasteiger partial charge is 0.280 e. The van der Waals surface area contributed by atoms with E-state index < -0.39 is 0 Å². The van der Waals surface area contributed by atoms with E-state index in [9.17, 15) is 4.79 Å². The third kappa shape index (κ3) is 4.11. The normalized spacial score (nSPS) is 11.4.